The Balaban J connectivity index is 2.24. The van der Waals surface area contributed by atoms with E-state index < -0.39 is 0 Å². The quantitative estimate of drug-likeness (QED) is 0.716. The average molecular weight is 241 g/mol. The molecule has 0 spiro atoms. The van der Waals surface area contributed by atoms with E-state index in [0.717, 1.165) is 31.3 Å². The molecule has 0 amide bonds. The standard InChI is InChI=1S/C15H31NO/c1-4-13-7-5-8-14(11-13)16-12-15(2,3)9-6-10-17/h13-14,16-17H,4-12H2,1-3H3. The molecule has 0 saturated heterocycles. The fourth-order valence-electron chi connectivity index (χ4n) is 2.91. The van der Waals surface area contributed by atoms with Gasteiger partial charge in [-0.1, -0.05) is 40.0 Å². The zero-order valence-corrected chi connectivity index (χ0v) is 12.0. The van der Waals surface area contributed by atoms with Crippen molar-refractivity contribution in [3.05, 3.63) is 0 Å². The average Bonchev–Trinajstić information content (AvgIpc) is 2.34. The maximum Gasteiger partial charge on any atom is 0.0431 e. The summed E-state index contributed by atoms with van der Waals surface area (Å²) >= 11 is 0. The molecule has 0 bridgehead atoms. The fraction of sp³-hybridized carbons (Fsp3) is 1.00. The molecule has 2 heteroatoms. The lowest BCUT2D eigenvalue weighted by molar-refractivity contribution is 0.214. The van der Waals surface area contributed by atoms with E-state index in [-0.39, 0.29) is 0 Å². The lowest BCUT2D eigenvalue weighted by Gasteiger charge is -2.33. The minimum atomic E-state index is 0.321. The molecule has 17 heavy (non-hydrogen) atoms. The van der Waals surface area contributed by atoms with Gasteiger partial charge in [-0.15, -0.1) is 0 Å². The van der Waals surface area contributed by atoms with Crippen LogP contribution in [0.3, 0.4) is 0 Å². The van der Waals surface area contributed by atoms with Crippen molar-refractivity contribution in [3.8, 4) is 0 Å². The van der Waals surface area contributed by atoms with Gasteiger partial charge >= 0.3 is 0 Å². The molecule has 1 aliphatic rings. The zero-order chi connectivity index (χ0) is 12.7. The minimum absolute atomic E-state index is 0.321. The van der Waals surface area contributed by atoms with Gasteiger partial charge in [0.25, 0.3) is 0 Å². The van der Waals surface area contributed by atoms with E-state index in [1.807, 2.05) is 0 Å². The second kappa shape index (κ2) is 7.38. The first-order valence-electron chi connectivity index (χ1n) is 7.41. The Kier molecular flexibility index (Phi) is 6.50. The van der Waals surface area contributed by atoms with Crippen molar-refractivity contribution in [2.24, 2.45) is 11.3 Å². The third-order valence-corrected chi connectivity index (χ3v) is 4.24. The minimum Gasteiger partial charge on any atom is -0.396 e. The van der Waals surface area contributed by atoms with E-state index in [2.05, 4.69) is 26.1 Å². The first-order valence-corrected chi connectivity index (χ1v) is 7.41. The molecule has 102 valence electrons. The summed E-state index contributed by atoms with van der Waals surface area (Å²) in [6, 6.07) is 0.738. The molecule has 0 heterocycles. The van der Waals surface area contributed by atoms with Gasteiger partial charge in [-0.25, -0.2) is 0 Å². The van der Waals surface area contributed by atoms with Crippen LogP contribution in [0, 0.1) is 11.3 Å². The molecule has 0 aromatic heterocycles. The predicted octanol–water partition coefficient (Wildman–Crippen LogP) is 3.34. The van der Waals surface area contributed by atoms with Gasteiger partial charge in [0.1, 0.15) is 0 Å². The molecule has 0 aliphatic heterocycles. The second-order valence-corrected chi connectivity index (χ2v) is 6.51. The van der Waals surface area contributed by atoms with Crippen molar-refractivity contribution in [2.45, 2.75) is 71.8 Å². The zero-order valence-electron chi connectivity index (χ0n) is 12.0. The molecule has 2 N–H and O–H groups in total. The Labute approximate surface area is 107 Å². The van der Waals surface area contributed by atoms with E-state index in [9.17, 15) is 0 Å². The van der Waals surface area contributed by atoms with E-state index >= 15 is 0 Å². The summed E-state index contributed by atoms with van der Waals surface area (Å²) in [7, 11) is 0. The molecule has 1 rings (SSSR count). The Morgan fingerprint density at radius 3 is 2.71 bits per heavy atom. The van der Waals surface area contributed by atoms with Crippen molar-refractivity contribution in [1.82, 2.24) is 5.32 Å². The Bertz CT molecular complexity index is 203. The monoisotopic (exact) mass is 241 g/mol. The van der Waals surface area contributed by atoms with Crippen LogP contribution in [0.2, 0.25) is 0 Å². The third kappa shape index (κ3) is 5.87. The van der Waals surface area contributed by atoms with Gasteiger partial charge in [-0.2, -0.15) is 0 Å². The Morgan fingerprint density at radius 2 is 2.06 bits per heavy atom. The number of aliphatic hydroxyl groups excluding tert-OH is 1. The van der Waals surface area contributed by atoms with Crippen LogP contribution in [-0.4, -0.2) is 24.3 Å². The molecule has 0 aromatic carbocycles. The molecular weight excluding hydrogens is 210 g/mol. The van der Waals surface area contributed by atoms with Crippen LogP contribution < -0.4 is 5.32 Å². The number of hydrogen-bond acceptors (Lipinski definition) is 2. The topological polar surface area (TPSA) is 32.3 Å². The molecule has 1 saturated carbocycles. The van der Waals surface area contributed by atoms with Crippen LogP contribution in [0.15, 0.2) is 0 Å². The highest BCUT2D eigenvalue weighted by Crippen LogP contribution is 2.28. The third-order valence-electron chi connectivity index (χ3n) is 4.24. The van der Waals surface area contributed by atoms with E-state index in [4.69, 9.17) is 5.11 Å². The van der Waals surface area contributed by atoms with Gasteiger partial charge in [-0.3, -0.25) is 0 Å². The molecule has 2 unspecified atom stereocenters. The number of aliphatic hydroxyl groups is 1. The van der Waals surface area contributed by atoms with Crippen LogP contribution >= 0.6 is 0 Å². The number of nitrogens with one attached hydrogen (secondary N) is 1. The fourth-order valence-corrected chi connectivity index (χ4v) is 2.91. The van der Waals surface area contributed by atoms with Crippen molar-refractivity contribution >= 4 is 0 Å². The van der Waals surface area contributed by atoms with Crippen molar-refractivity contribution < 1.29 is 5.11 Å². The second-order valence-electron chi connectivity index (χ2n) is 6.51. The molecular formula is C15H31NO. The number of hydrogen-bond donors (Lipinski definition) is 2. The number of rotatable bonds is 7. The first kappa shape index (κ1) is 15.0. The van der Waals surface area contributed by atoms with Gasteiger partial charge in [0.05, 0.1) is 0 Å². The summed E-state index contributed by atoms with van der Waals surface area (Å²) in [5.41, 5.74) is 0.321. The van der Waals surface area contributed by atoms with Gasteiger partial charge in [0.2, 0.25) is 0 Å². The maximum absolute atomic E-state index is 8.89. The van der Waals surface area contributed by atoms with Crippen LogP contribution in [0.4, 0.5) is 0 Å². The van der Waals surface area contributed by atoms with E-state index in [1.54, 1.807) is 0 Å². The van der Waals surface area contributed by atoms with Gasteiger partial charge < -0.3 is 10.4 Å². The van der Waals surface area contributed by atoms with Gasteiger partial charge in [-0.05, 0) is 37.0 Å². The highest BCUT2D eigenvalue weighted by Gasteiger charge is 2.23. The molecule has 2 nitrogen and oxygen atoms in total. The van der Waals surface area contributed by atoms with Crippen molar-refractivity contribution in [3.63, 3.8) is 0 Å². The molecule has 0 radical (unpaired) electrons. The summed E-state index contributed by atoms with van der Waals surface area (Å²) < 4.78 is 0. The van der Waals surface area contributed by atoms with Gasteiger partial charge in [0.15, 0.2) is 0 Å². The van der Waals surface area contributed by atoms with Crippen LogP contribution in [0.25, 0.3) is 0 Å². The van der Waals surface area contributed by atoms with Crippen molar-refractivity contribution in [2.75, 3.05) is 13.2 Å². The maximum atomic E-state index is 8.89. The Hall–Kier alpha value is -0.0800. The highest BCUT2D eigenvalue weighted by molar-refractivity contribution is 4.80. The summed E-state index contributed by atoms with van der Waals surface area (Å²) in [6.07, 6.45) is 8.93. The predicted molar refractivity (Wildman–Crippen MR) is 74.1 cm³/mol. The summed E-state index contributed by atoms with van der Waals surface area (Å²) in [5.74, 6) is 0.946. The summed E-state index contributed by atoms with van der Waals surface area (Å²) in [5, 5.41) is 12.6. The SMILES string of the molecule is CCC1CCCC(NCC(C)(C)CCCO)C1. The van der Waals surface area contributed by atoms with E-state index in [0.29, 0.717) is 12.0 Å². The molecule has 1 aliphatic carbocycles. The Morgan fingerprint density at radius 1 is 1.29 bits per heavy atom. The molecule has 2 atom stereocenters. The summed E-state index contributed by atoms with van der Waals surface area (Å²) in [4.78, 5) is 0. The normalized spacial score (nSPS) is 26.1. The molecule has 1 fully saturated rings. The summed E-state index contributed by atoms with van der Waals surface area (Å²) in [6.45, 7) is 8.34. The van der Waals surface area contributed by atoms with Crippen molar-refractivity contribution in [1.29, 1.82) is 0 Å². The van der Waals surface area contributed by atoms with E-state index in [1.165, 1.54) is 32.1 Å². The van der Waals surface area contributed by atoms with Gasteiger partial charge in [0, 0.05) is 19.2 Å². The van der Waals surface area contributed by atoms with Crippen LogP contribution in [-0.2, 0) is 0 Å². The highest BCUT2D eigenvalue weighted by atomic mass is 16.2. The van der Waals surface area contributed by atoms with Crippen LogP contribution in [0.1, 0.15) is 65.7 Å². The smallest absolute Gasteiger partial charge is 0.0431 e. The lowest BCUT2D eigenvalue weighted by Crippen LogP contribution is -2.39. The first-order chi connectivity index (χ1) is 8.07. The lowest BCUT2D eigenvalue weighted by atomic mass is 9.82. The van der Waals surface area contributed by atoms with Crippen LogP contribution in [0.5, 0.6) is 0 Å². The largest absolute Gasteiger partial charge is 0.396 e. The molecule has 0 aromatic rings.